The Hall–Kier alpha value is 0.0500. The maximum Gasteiger partial charge on any atom is 0.241 e. The van der Waals surface area contributed by atoms with Crippen LogP contribution in [0.1, 0.15) is 20.3 Å². The Balaban J connectivity index is 2.68. The molecule has 0 spiro atoms. The largest absolute Gasteiger partial charge is 0.302 e. The van der Waals surface area contributed by atoms with Crippen LogP contribution in [0.3, 0.4) is 0 Å². The predicted molar refractivity (Wildman–Crippen MR) is 89.4 cm³/mol. The minimum absolute atomic E-state index is 0.255. The van der Waals surface area contributed by atoms with Crippen LogP contribution in [0, 0.1) is 0 Å². The van der Waals surface area contributed by atoms with Gasteiger partial charge in [0.15, 0.2) is 0 Å². The van der Waals surface area contributed by atoms with Gasteiger partial charge >= 0.3 is 0 Å². The lowest BCUT2D eigenvalue weighted by molar-refractivity contribution is 0.293. The molecule has 0 atom stereocenters. The van der Waals surface area contributed by atoms with E-state index in [-0.39, 0.29) is 4.90 Å². The fraction of sp³-hybridized carbons (Fsp3) is 0.538. The highest BCUT2D eigenvalue weighted by atomic mass is 79.9. The summed E-state index contributed by atoms with van der Waals surface area (Å²) in [6.07, 6.45) is 1.07. The summed E-state index contributed by atoms with van der Waals surface area (Å²) in [5.74, 6) is 0. The lowest BCUT2D eigenvalue weighted by Gasteiger charge is -2.19. The summed E-state index contributed by atoms with van der Waals surface area (Å²) >= 11 is 6.57. The molecule has 0 aliphatic heterocycles. The quantitative estimate of drug-likeness (QED) is 0.692. The maximum atomic E-state index is 12.3. The normalized spacial score (nSPS) is 12.1. The third-order valence-electron chi connectivity index (χ3n) is 2.89. The SMILES string of the molecule is CCCN(CC)CCNS(=O)(=O)c1cc(Br)ccc1Br. The molecule has 0 unspecified atom stereocenters. The van der Waals surface area contributed by atoms with Crippen molar-refractivity contribution in [1.29, 1.82) is 0 Å². The Labute approximate surface area is 138 Å². The molecule has 1 aromatic carbocycles. The summed E-state index contributed by atoms with van der Waals surface area (Å²) in [7, 11) is -3.49. The van der Waals surface area contributed by atoms with Gasteiger partial charge < -0.3 is 4.90 Å². The van der Waals surface area contributed by atoms with Crippen LogP contribution < -0.4 is 4.72 Å². The number of nitrogens with one attached hydrogen (secondary N) is 1. The van der Waals surface area contributed by atoms with Crippen LogP contribution in [0.2, 0.25) is 0 Å². The Morgan fingerprint density at radius 3 is 2.50 bits per heavy atom. The van der Waals surface area contributed by atoms with Crippen LogP contribution in [-0.2, 0) is 10.0 Å². The molecule has 114 valence electrons. The third-order valence-corrected chi connectivity index (χ3v) is 5.84. The Bertz CT molecular complexity index is 535. The molecule has 0 radical (unpaired) electrons. The van der Waals surface area contributed by atoms with E-state index in [0.29, 0.717) is 11.0 Å². The van der Waals surface area contributed by atoms with Crippen molar-refractivity contribution in [2.45, 2.75) is 25.2 Å². The van der Waals surface area contributed by atoms with Gasteiger partial charge in [-0.2, -0.15) is 0 Å². The maximum absolute atomic E-state index is 12.3. The topological polar surface area (TPSA) is 49.4 Å². The number of likely N-dealkylation sites (N-methyl/N-ethyl adjacent to an activating group) is 1. The van der Waals surface area contributed by atoms with Crippen molar-refractivity contribution < 1.29 is 8.42 Å². The zero-order valence-electron chi connectivity index (χ0n) is 11.7. The van der Waals surface area contributed by atoms with Gasteiger partial charge in [0.1, 0.15) is 0 Å². The molecule has 0 aromatic heterocycles. The molecule has 0 bridgehead atoms. The number of sulfonamides is 1. The number of hydrogen-bond acceptors (Lipinski definition) is 3. The minimum Gasteiger partial charge on any atom is -0.302 e. The van der Waals surface area contributed by atoms with E-state index in [9.17, 15) is 8.42 Å². The minimum atomic E-state index is -3.49. The van der Waals surface area contributed by atoms with Gasteiger partial charge in [-0.25, -0.2) is 13.1 Å². The van der Waals surface area contributed by atoms with Crippen molar-refractivity contribution in [1.82, 2.24) is 9.62 Å². The average Bonchev–Trinajstić information content (AvgIpc) is 2.40. The molecular formula is C13H20Br2N2O2S. The van der Waals surface area contributed by atoms with E-state index in [1.807, 2.05) is 0 Å². The summed E-state index contributed by atoms with van der Waals surface area (Å²) in [6.45, 7) is 7.24. The van der Waals surface area contributed by atoms with Gasteiger partial charge in [-0.15, -0.1) is 0 Å². The molecule has 0 aliphatic carbocycles. The summed E-state index contributed by atoms with van der Waals surface area (Å²) < 4.78 is 28.5. The monoisotopic (exact) mass is 426 g/mol. The molecule has 1 N–H and O–H groups in total. The molecule has 0 saturated heterocycles. The van der Waals surface area contributed by atoms with Gasteiger partial charge in [-0.1, -0.05) is 29.8 Å². The van der Waals surface area contributed by atoms with Crippen molar-refractivity contribution in [3.63, 3.8) is 0 Å². The van der Waals surface area contributed by atoms with Crippen LogP contribution in [0.15, 0.2) is 32.0 Å². The second kappa shape index (κ2) is 8.48. The molecule has 7 heteroatoms. The predicted octanol–water partition coefficient (Wildman–Crippen LogP) is 3.22. The van der Waals surface area contributed by atoms with Gasteiger partial charge in [0, 0.05) is 22.0 Å². The highest BCUT2D eigenvalue weighted by Gasteiger charge is 2.17. The zero-order valence-corrected chi connectivity index (χ0v) is 15.7. The van der Waals surface area contributed by atoms with E-state index < -0.39 is 10.0 Å². The van der Waals surface area contributed by atoms with Gasteiger partial charge in [0.2, 0.25) is 10.0 Å². The number of nitrogens with zero attached hydrogens (tertiary/aromatic N) is 1. The number of halogens is 2. The molecule has 0 amide bonds. The van der Waals surface area contributed by atoms with Crippen LogP contribution in [0.4, 0.5) is 0 Å². The van der Waals surface area contributed by atoms with Crippen molar-refractivity contribution in [3.8, 4) is 0 Å². The Morgan fingerprint density at radius 2 is 1.90 bits per heavy atom. The molecule has 1 aromatic rings. The second-order valence-corrected chi connectivity index (χ2v) is 7.91. The van der Waals surface area contributed by atoms with Crippen LogP contribution in [0.5, 0.6) is 0 Å². The average molecular weight is 428 g/mol. The van der Waals surface area contributed by atoms with Gasteiger partial charge in [0.25, 0.3) is 0 Å². The lowest BCUT2D eigenvalue weighted by atomic mass is 10.4. The number of hydrogen-bond donors (Lipinski definition) is 1. The first-order chi connectivity index (χ1) is 9.40. The number of rotatable bonds is 8. The number of benzene rings is 1. The lowest BCUT2D eigenvalue weighted by Crippen LogP contribution is -2.35. The van der Waals surface area contributed by atoms with Crippen molar-refractivity contribution >= 4 is 41.9 Å². The van der Waals surface area contributed by atoms with E-state index in [0.717, 1.165) is 30.5 Å². The van der Waals surface area contributed by atoms with Crippen molar-refractivity contribution in [3.05, 3.63) is 27.1 Å². The molecule has 0 saturated carbocycles. The van der Waals surface area contributed by atoms with E-state index in [1.165, 1.54) is 0 Å². The van der Waals surface area contributed by atoms with Gasteiger partial charge in [-0.3, -0.25) is 0 Å². The van der Waals surface area contributed by atoms with Gasteiger partial charge in [-0.05, 0) is 53.6 Å². The van der Waals surface area contributed by atoms with Crippen LogP contribution >= 0.6 is 31.9 Å². The standard InChI is InChI=1S/C13H20Br2N2O2S/c1-3-8-17(4-2)9-7-16-20(18,19)13-10-11(14)5-6-12(13)15/h5-6,10,16H,3-4,7-9H2,1-2H3. The Kier molecular flexibility index (Phi) is 7.68. The van der Waals surface area contributed by atoms with Crippen molar-refractivity contribution in [2.75, 3.05) is 26.2 Å². The summed E-state index contributed by atoms with van der Waals surface area (Å²) in [4.78, 5) is 2.48. The van der Waals surface area contributed by atoms with E-state index in [2.05, 4.69) is 55.3 Å². The Morgan fingerprint density at radius 1 is 1.20 bits per heavy atom. The molecular weight excluding hydrogens is 408 g/mol. The van der Waals surface area contributed by atoms with Crippen molar-refractivity contribution in [2.24, 2.45) is 0 Å². The summed E-state index contributed by atoms with van der Waals surface area (Å²) in [5, 5.41) is 0. The van der Waals surface area contributed by atoms with Gasteiger partial charge in [0.05, 0.1) is 4.90 Å². The molecule has 0 heterocycles. The molecule has 0 aliphatic rings. The zero-order chi connectivity index (χ0) is 15.2. The van der Waals surface area contributed by atoms with E-state index >= 15 is 0 Å². The fourth-order valence-electron chi connectivity index (χ4n) is 1.84. The van der Waals surface area contributed by atoms with Crippen LogP contribution in [-0.4, -0.2) is 39.5 Å². The first kappa shape index (κ1) is 18.1. The fourth-order valence-corrected chi connectivity index (χ4v) is 4.36. The molecule has 1 rings (SSSR count). The smallest absolute Gasteiger partial charge is 0.241 e. The summed E-state index contributed by atoms with van der Waals surface area (Å²) in [5.41, 5.74) is 0. The molecule has 20 heavy (non-hydrogen) atoms. The third kappa shape index (κ3) is 5.44. The first-order valence-corrected chi connectivity index (χ1v) is 9.64. The van der Waals surface area contributed by atoms with E-state index in [1.54, 1.807) is 18.2 Å². The molecule has 0 fully saturated rings. The summed E-state index contributed by atoms with van der Waals surface area (Å²) in [6, 6.07) is 5.10. The molecule has 4 nitrogen and oxygen atoms in total. The van der Waals surface area contributed by atoms with Crippen LogP contribution in [0.25, 0.3) is 0 Å². The highest BCUT2D eigenvalue weighted by Crippen LogP contribution is 2.25. The second-order valence-electron chi connectivity index (χ2n) is 4.41. The van der Waals surface area contributed by atoms with E-state index in [4.69, 9.17) is 0 Å². The highest BCUT2D eigenvalue weighted by molar-refractivity contribution is 9.11. The first-order valence-electron chi connectivity index (χ1n) is 6.57.